The van der Waals surface area contributed by atoms with Gasteiger partial charge < -0.3 is 9.64 Å². The fourth-order valence-electron chi connectivity index (χ4n) is 4.05. The van der Waals surface area contributed by atoms with Gasteiger partial charge in [-0.1, -0.05) is 0 Å². The van der Waals surface area contributed by atoms with Crippen LogP contribution in [0.15, 0.2) is 30.7 Å². The summed E-state index contributed by atoms with van der Waals surface area (Å²) < 4.78 is 6.13. The van der Waals surface area contributed by atoms with Crippen molar-refractivity contribution in [2.45, 2.75) is 45.6 Å². The predicted molar refractivity (Wildman–Crippen MR) is 110 cm³/mol. The Labute approximate surface area is 170 Å². The number of anilines is 1. The highest BCUT2D eigenvalue weighted by Crippen LogP contribution is 2.31. The van der Waals surface area contributed by atoms with Crippen LogP contribution >= 0.6 is 0 Å². The van der Waals surface area contributed by atoms with Gasteiger partial charge in [-0.25, -0.2) is 4.98 Å². The van der Waals surface area contributed by atoms with E-state index in [0.29, 0.717) is 0 Å². The van der Waals surface area contributed by atoms with Crippen LogP contribution in [-0.4, -0.2) is 52.4 Å². The molecule has 0 saturated carbocycles. The van der Waals surface area contributed by atoms with E-state index in [0.717, 1.165) is 73.6 Å². The van der Waals surface area contributed by atoms with E-state index < -0.39 is 0 Å². The highest BCUT2D eigenvalue weighted by Gasteiger charge is 2.23. The third-order valence-corrected chi connectivity index (χ3v) is 5.64. The van der Waals surface area contributed by atoms with Crippen molar-refractivity contribution in [2.24, 2.45) is 0 Å². The Morgan fingerprint density at radius 1 is 1.00 bits per heavy atom. The monoisotopic (exact) mass is 394 g/mol. The van der Waals surface area contributed by atoms with Crippen LogP contribution in [0.3, 0.4) is 0 Å². The molecule has 0 atom stereocenters. The smallest absolute Gasteiger partial charge is 0.225 e. The van der Waals surface area contributed by atoms with E-state index in [1.807, 2.05) is 11.0 Å². The molecule has 0 spiro atoms. The zero-order valence-electron chi connectivity index (χ0n) is 16.9. The maximum absolute atomic E-state index is 11.8. The van der Waals surface area contributed by atoms with Gasteiger partial charge >= 0.3 is 0 Å². The lowest BCUT2D eigenvalue weighted by molar-refractivity contribution is -0.130. The van der Waals surface area contributed by atoms with Crippen molar-refractivity contribution < 1.29 is 14.3 Å². The molecule has 2 aliphatic rings. The van der Waals surface area contributed by atoms with Crippen LogP contribution < -0.4 is 9.64 Å². The van der Waals surface area contributed by atoms with Crippen LogP contribution in [0.4, 0.5) is 5.82 Å². The van der Waals surface area contributed by atoms with Crippen molar-refractivity contribution in [3.8, 4) is 16.9 Å². The van der Waals surface area contributed by atoms with Gasteiger partial charge in [-0.2, -0.15) is 0 Å². The maximum Gasteiger partial charge on any atom is 0.225 e. The molecule has 2 aromatic rings. The predicted octanol–water partition coefficient (Wildman–Crippen LogP) is 2.83. The number of piperidine rings is 1. The summed E-state index contributed by atoms with van der Waals surface area (Å²) in [7, 11) is 0. The van der Waals surface area contributed by atoms with Crippen molar-refractivity contribution in [2.75, 3.05) is 24.5 Å². The summed E-state index contributed by atoms with van der Waals surface area (Å²) in [5, 5.41) is 0. The molecule has 0 N–H and O–H groups in total. The molecule has 2 amide bonds. The molecule has 1 saturated heterocycles. The molecule has 7 heteroatoms. The highest BCUT2D eigenvalue weighted by molar-refractivity contribution is 5.92. The van der Waals surface area contributed by atoms with Gasteiger partial charge in [-0.15, -0.1) is 0 Å². The largest absolute Gasteiger partial charge is 0.489 e. The first-order valence-electron chi connectivity index (χ1n) is 10.2. The van der Waals surface area contributed by atoms with Gasteiger partial charge in [0.2, 0.25) is 11.8 Å². The molecule has 0 aliphatic carbocycles. The Morgan fingerprint density at radius 2 is 1.76 bits per heavy atom. The van der Waals surface area contributed by atoms with Crippen LogP contribution in [-0.2, 0) is 16.0 Å². The van der Waals surface area contributed by atoms with E-state index in [-0.39, 0.29) is 17.9 Å². The lowest BCUT2D eigenvalue weighted by Crippen LogP contribution is -2.40. The summed E-state index contributed by atoms with van der Waals surface area (Å²) in [5.41, 5.74) is 3.00. The average Bonchev–Trinajstić information content (AvgIpc) is 2.73. The maximum atomic E-state index is 11.8. The average molecular weight is 394 g/mol. The summed E-state index contributed by atoms with van der Waals surface area (Å²) in [6.45, 7) is 5.37. The summed E-state index contributed by atoms with van der Waals surface area (Å²) >= 11 is 0. The number of hydrogen-bond acceptors (Lipinski definition) is 5. The second-order valence-electron chi connectivity index (χ2n) is 7.71. The van der Waals surface area contributed by atoms with Crippen molar-refractivity contribution in [1.29, 1.82) is 0 Å². The molecule has 0 radical (unpaired) electrons. The molecule has 2 aliphatic heterocycles. The lowest BCUT2D eigenvalue weighted by Gasteiger charge is -2.31. The zero-order valence-corrected chi connectivity index (χ0v) is 16.9. The van der Waals surface area contributed by atoms with Crippen LogP contribution in [0.25, 0.3) is 11.1 Å². The molecular weight excluding hydrogens is 368 g/mol. The van der Waals surface area contributed by atoms with Gasteiger partial charge in [0, 0.05) is 69.8 Å². The molecule has 7 nitrogen and oxygen atoms in total. The second kappa shape index (κ2) is 8.19. The molecular formula is C22H26N4O3. The first-order chi connectivity index (χ1) is 14.0. The Balaban J connectivity index is 1.49. The van der Waals surface area contributed by atoms with Crippen molar-refractivity contribution in [1.82, 2.24) is 14.9 Å². The molecule has 0 unspecified atom stereocenters. The standard InChI is InChI=1S/C22H26N4O3/c1-15(27)25-8-5-20(6-9-25)29-21-11-19(12-23-14-21)18-10-17-4-3-7-26(16(2)28)22(17)24-13-18/h10-14,20H,3-9H2,1-2H3. The van der Waals surface area contributed by atoms with Crippen LogP contribution in [0, 0.1) is 0 Å². The molecule has 0 aromatic carbocycles. The van der Waals surface area contributed by atoms with E-state index in [2.05, 4.69) is 16.0 Å². The minimum atomic E-state index is 0.0269. The van der Waals surface area contributed by atoms with E-state index in [1.54, 1.807) is 37.3 Å². The molecule has 4 rings (SSSR count). The van der Waals surface area contributed by atoms with E-state index >= 15 is 0 Å². The summed E-state index contributed by atoms with van der Waals surface area (Å²) in [6.07, 6.45) is 8.93. The number of carbonyl (C=O) groups excluding carboxylic acids is 2. The number of ether oxygens (including phenoxy) is 1. The number of aromatic nitrogens is 2. The van der Waals surface area contributed by atoms with E-state index in [1.165, 1.54) is 0 Å². The molecule has 2 aromatic heterocycles. The zero-order chi connectivity index (χ0) is 20.4. The van der Waals surface area contributed by atoms with Crippen molar-refractivity contribution in [3.63, 3.8) is 0 Å². The number of amides is 2. The summed E-state index contributed by atoms with van der Waals surface area (Å²) in [6, 6.07) is 4.09. The third-order valence-electron chi connectivity index (χ3n) is 5.64. The minimum absolute atomic E-state index is 0.0269. The third kappa shape index (κ3) is 4.23. The van der Waals surface area contributed by atoms with Gasteiger partial charge in [0.1, 0.15) is 17.7 Å². The van der Waals surface area contributed by atoms with Crippen LogP contribution in [0.1, 0.15) is 38.7 Å². The van der Waals surface area contributed by atoms with Crippen LogP contribution in [0.5, 0.6) is 5.75 Å². The second-order valence-corrected chi connectivity index (χ2v) is 7.71. The molecule has 4 heterocycles. The number of aryl methyl sites for hydroxylation is 1. The van der Waals surface area contributed by atoms with Crippen LogP contribution in [0.2, 0.25) is 0 Å². The Hall–Kier alpha value is -2.96. The van der Waals surface area contributed by atoms with Gasteiger partial charge in [0.25, 0.3) is 0 Å². The fraction of sp³-hybridized carbons (Fsp3) is 0.455. The van der Waals surface area contributed by atoms with Gasteiger partial charge in [0.05, 0.1) is 6.20 Å². The number of nitrogens with zero attached hydrogens (tertiary/aromatic N) is 4. The molecule has 0 bridgehead atoms. The molecule has 152 valence electrons. The molecule has 29 heavy (non-hydrogen) atoms. The first-order valence-corrected chi connectivity index (χ1v) is 10.2. The normalized spacial score (nSPS) is 17.0. The summed E-state index contributed by atoms with van der Waals surface area (Å²) in [4.78, 5) is 35.8. The number of pyridine rings is 2. The first kappa shape index (κ1) is 19.4. The van der Waals surface area contributed by atoms with Crippen molar-refractivity contribution >= 4 is 17.6 Å². The van der Waals surface area contributed by atoms with E-state index in [4.69, 9.17) is 4.74 Å². The Kier molecular flexibility index (Phi) is 5.47. The number of fused-ring (bicyclic) bond motifs is 1. The van der Waals surface area contributed by atoms with Gasteiger partial charge in [-0.3, -0.25) is 19.5 Å². The quantitative estimate of drug-likeness (QED) is 0.800. The lowest BCUT2D eigenvalue weighted by atomic mass is 10.0. The van der Waals surface area contributed by atoms with Gasteiger partial charge in [0.15, 0.2) is 0 Å². The minimum Gasteiger partial charge on any atom is -0.489 e. The van der Waals surface area contributed by atoms with Crippen molar-refractivity contribution in [3.05, 3.63) is 36.3 Å². The fourth-order valence-corrected chi connectivity index (χ4v) is 4.05. The highest BCUT2D eigenvalue weighted by atomic mass is 16.5. The Morgan fingerprint density at radius 3 is 2.48 bits per heavy atom. The van der Waals surface area contributed by atoms with Gasteiger partial charge in [-0.05, 0) is 30.5 Å². The number of rotatable bonds is 3. The van der Waals surface area contributed by atoms with E-state index in [9.17, 15) is 9.59 Å². The summed E-state index contributed by atoms with van der Waals surface area (Å²) in [5.74, 6) is 1.64. The number of hydrogen-bond donors (Lipinski definition) is 0. The Bertz CT molecular complexity index is 922. The number of carbonyl (C=O) groups is 2. The topological polar surface area (TPSA) is 75.6 Å². The number of likely N-dealkylation sites (tertiary alicyclic amines) is 1. The SMILES string of the molecule is CC(=O)N1CCC(Oc2cncc(-c3cnc4c(c3)CCCN4C(C)=O)c2)CC1. The molecule has 1 fully saturated rings.